The number of rotatable bonds is 3. The minimum atomic E-state index is -0.244. The molecule has 0 aliphatic rings. The van der Waals surface area contributed by atoms with Crippen LogP contribution in [0.15, 0.2) is 0 Å². The molecule has 0 nitrogen and oxygen atoms in total. The van der Waals surface area contributed by atoms with Crippen LogP contribution in [0.4, 0.5) is 0 Å². The molecule has 50 valence electrons. The molecule has 0 aromatic carbocycles. The van der Waals surface area contributed by atoms with Crippen LogP contribution < -0.4 is 0 Å². The van der Waals surface area contributed by atoms with E-state index < -0.39 is 0 Å². The van der Waals surface area contributed by atoms with E-state index in [1.54, 1.807) is 0 Å². The summed E-state index contributed by atoms with van der Waals surface area (Å²) >= 11 is 7.62. The van der Waals surface area contributed by atoms with Gasteiger partial charge in [0.05, 0.1) is 0 Å². The van der Waals surface area contributed by atoms with Crippen LogP contribution in [0.1, 0.15) is 13.8 Å². The minimum absolute atomic E-state index is 0.244. The summed E-state index contributed by atoms with van der Waals surface area (Å²) in [5, 5.41) is 0. The zero-order chi connectivity index (χ0) is 6.57. The molecule has 0 heterocycles. The quantitative estimate of drug-likeness (QED) is 0.584. The summed E-state index contributed by atoms with van der Waals surface area (Å²) in [5.74, 6) is 1.98. The Kier molecular flexibility index (Phi) is 5.56. The van der Waals surface area contributed by atoms with Gasteiger partial charge in [-0.05, 0) is 12.6 Å². The molecule has 0 fully saturated rings. The molecule has 0 aromatic rings. The third-order valence-electron chi connectivity index (χ3n) is 0.586. The summed E-state index contributed by atoms with van der Waals surface area (Å²) in [7, 11) is 0. The summed E-state index contributed by atoms with van der Waals surface area (Å²) in [4.78, 5) is 0. The van der Waals surface area contributed by atoms with Crippen LogP contribution in [0.3, 0.4) is 0 Å². The Bertz CT molecular complexity index is 48.4. The van der Waals surface area contributed by atoms with Crippen LogP contribution in [0, 0.1) is 5.92 Å². The predicted octanol–water partition coefficient (Wildman–Crippen LogP) is 3.56. The summed E-state index contributed by atoms with van der Waals surface area (Å²) < 4.78 is 0. The maximum absolute atomic E-state index is 5.75. The first kappa shape index (κ1) is 9.07. The highest BCUT2D eigenvalue weighted by Gasteiger charge is 1.97. The van der Waals surface area contributed by atoms with Crippen LogP contribution in [-0.4, -0.2) is 12.4 Å². The first-order valence-corrected chi connectivity index (χ1v) is 6.94. The van der Waals surface area contributed by atoms with Crippen molar-refractivity contribution in [2.75, 3.05) is 12.4 Å². The summed E-state index contributed by atoms with van der Waals surface area (Å²) in [6.45, 7) is 6.25. The molecule has 0 rings (SSSR count). The molecule has 0 bridgehead atoms. The van der Waals surface area contributed by atoms with Gasteiger partial charge in [0.2, 0.25) is 0 Å². The Morgan fingerprint density at radius 1 is 1.62 bits per heavy atom. The lowest BCUT2D eigenvalue weighted by Crippen LogP contribution is -1.87. The zero-order valence-electron chi connectivity index (χ0n) is 5.52. The second kappa shape index (κ2) is 4.90. The Morgan fingerprint density at radius 2 is 2.12 bits per heavy atom. The zero-order valence-corrected chi connectivity index (χ0v) is 7.98. The maximum Gasteiger partial charge on any atom is 0.0461 e. The van der Waals surface area contributed by atoms with Gasteiger partial charge in [-0.2, -0.15) is 0 Å². The average Bonchev–Trinajstić information content (AvgIpc) is 1.61. The van der Waals surface area contributed by atoms with Crippen LogP contribution in [-0.2, 0) is 0 Å². The molecule has 3 heteroatoms. The molecule has 0 aliphatic carbocycles. The Labute approximate surface area is 61.7 Å². The van der Waals surface area contributed by atoms with Crippen molar-refractivity contribution in [3.63, 3.8) is 0 Å². The van der Waals surface area contributed by atoms with E-state index in [-0.39, 0.29) is 6.48 Å². The van der Waals surface area contributed by atoms with Gasteiger partial charge in [0.1, 0.15) is 0 Å². The van der Waals surface area contributed by atoms with Crippen LogP contribution >= 0.6 is 29.1 Å². The molecule has 0 saturated heterocycles. The van der Waals surface area contributed by atoms with Crippen molar-refractivity contribution in [1.82, 2.24) is 0 Å². The molecule has 1 unspecified atom stereocenters. The van der Waals surface area contributed by atoms with Gasteiger partial charge in [-0.1, -0.05) is 25.1 Å². The SMILES string of the molecule is CC(C)CSP(C)Cl. The largest absolute Gasteiger partial charge is 0.118 e. The Balaban J connectivity index is 2.93. The molecule has 0 amide bonds. The standard InChI is InChI=1S/C5H12ClPS/c1-5(2)4-8-7(3)6/h5H,4H2,1-3H3. The number of hydrogen-bond donors (Lipinski definition) is 0. The van der Waals surface area contributed by atoms with E-state index in [2.05, 4.69) is 20.5 Å². The second-order valence-corrected chi connectivity index (χ2v) is 8.08. The summed E-state index contributed by atoms with van der Waals surface area (Å²) in [5.41, 5.74) is 0. The third kappa shape index (κ3) is 7.07. The fourth-order valence-electron chi connectivity index (χ4n) is 0.252. The van der Waals surface area contributed by atoms with Gasteiger partial charge in [-0.3, -0.25) is 0 Å². The predicted molar refractivity (Wildman–Crippen MR) is 46.0 cm³/mol. The highest BCUT2D eigenvalue weighted by atomic mass is 35.7. The van der Waals surface area contributed by atoms with Crippen molar-refractivity contribution >= 4 is 29.1 Å². The molecular weight excluding hydrogens is 159 g/mol. The topological polar surface area (TPSA) is 0 Å². The molecule has 0 N–H and O–H groups in total. The van der Waals surface area contributed by atoms with Gasteiger partial charge in [0.25, 0.3) is 0 Å². The molecule has 1 atom stereocenters. The van der Waals surface area contributed by atoms with Crippen LogP contribution in [0.25, 0.3) is 0 Å². The average molecular weight is 171 g/mol. The van der Waals surface area contributed by atoms with Gasteiger partial charge in [-0.25, -0.2) is 0 Å². The van der Waals surface area contributed by atoms with E-state index in [1.165, 1.54) is 5.75 Å². The molecule has 0 aliphatic heterocycles. The lowest BCUT2D eigenvalue weighted by Gasteiger charge is -2.03. The van der Waals surface area contributed by atoms with E-state index >= 15 is 0 Å². The number of hydrogen-bond acceptors (Lipinski definition) is 1. The van der Waals surface area contributed by atoms with E-state index in [4.69, 9.17) is 11.2 Å². The third-order valence-corrected chi connectivity index (χ3v) is 4.15. The van der Waals surface area contributed by atoms with Crippen LogP contribution in [0.5, 0.6) is 0 Å². The van der Waals surface area contributed by atoms with Gasteiger partial charge in [-0.15, -0.1) is 11.4 Å². The molecule has 0 spiro atoms. The smallest absolute Gasteiger partial charge is 0.0461 e. The first-order valence-electron chi connectivity index (χ1n) is 2.65. The highest BCUT2D eigenvalue weighted by Crippen LogP contribution is 2.51. The highest BCUT2D eigenvalue weighted by molar-refractivity contribution is 8.62. The normalized spacial score (nSPS) is 14.6. The molecule has 8 heavy (non-hydrogen) atoms. The summed E-state index contributed by atoms with van der Waals surface area (Å²) in [6, 6.07) is 0. The maximum atomic E-state index is 5.75. The van der Waals surface area contributed by atoms with Gasteiger partial charge in [0.15, 0.2) is 0 Å². The minimum Gasteiger partial charge on any atom is -0.118 e. The van der Waals surface area contributed by atoms with Crippen molar-refractivity contribution in [1.29, 1.82) is 0 Å². The van der Waals surface area contributed by atoms with Crippen molar-refractivity contribution in [2.45, 2.75) is 13.8 Å². The fourth-order valence-corrected chi connectivity index (χ4v) is 2.77. The Morgan fingerprint density at radius 3 is 2.25 bits per heavy atom. The van der Waals surface area contributed by atoms with Gasteiger partial charge < -0.3 is 0 Å². The fraction of sp³-hybridized carbons (Fsp3) is 1.00. The van der Waals surface area contributed by atoms with Gasteiger partial charge >= 0.3 is 0 Å². The monoisotopic (exact) mass is 170 g/mol. The van der Waals surface area contributed by atoms with E-state index in [0.717, 1.165) is 5.92 Å². The van der Waals surface area contributed by atoms with Crippen molar-refractivity contribution < 1.29 is 0 Å². The number of halogens is 1. The molecular formula is C5H12ClPS. The Hall–Kier alpha value is 1.07. The van der Waals surface area contributed by atoms with Crippen LogP contribution in [0.2, 0.25) is 0 Å². The van der Waals surface area contributed by atoms with E-state index in [1.807, 2.05) is 11.4 Å². The van der Waals surface area contributed by atoms with E-state index in [9.17, 15) is 0 Å². The summed E-state index contributed by atoms with van der Waals surface area (Å²) in [6.07, 6.45) is 0. The molecule has 0 aromatic heterocycles. The lowest BCUT2D eigenvalue weighted by atomic mass is 10.3. The van der Waals surface area contributed by atoms with Crippen molar-refractivity contribution in [2.24, 2.45) is 5.92 Å². The van der Waals surface area contributed by atoms with Crippen molar-refractivity contribution in [3.8, 4) is 0 Å². The van der Waals surface area contributed by atoms with Crippen molar-refractivity contribution in [3.05, 3.63) is 0 Å². The lowest BCUT2D eigenvalue weighted by molar-refractivity contribution is 0.752. The van der Waals surface area contributed by atoms with Gasteiger partial charge in [0, 0.05) is 12.2 Å². The van der Waals surface area contributed by atoms with E-state index in [0.29, 0.717) is 0 Å². The molecule has 0 radical (unpaired) electrons. The molecule has 0 saturated carbocycles. The second-order valence-electron chi connectivity index (χ2n) is 2.11. The first-order chi connectivity index (χ1) is 3.63.